The Labute approximate surface area is 171 Å². The maximum atomic E-state index is 12.4. The third-order valence-corrected chi connectivity index (χ3v) is 5.66. The highest BCUT2D eigenvalue weighted by atomic mass is 32.2. The molecular formula is C22H25NO5S. The molecule has 0 aliphatic heterocycles. The number of amides is 1. The van der Waals surface area contributed by atoms with Gasteiger partial charge in [-0.3, -0.25) is 4.79 Å². The minimum Gasteiger partial charge on any atom is -0.463 e. The topological polar surface area (TPSA) is 89.5 Å². The molecule has 154 valence electrons. The van der Waals surface area contributed by atoms with Gasteiger partial charge < -0.3 is 10.1 Å². The summed E-state index contributed by atoms with van der Waals surface area (Å²) in [5.41, 5.74) is 2.91. The average Bonchev–Trinajstić information content (AvgIpc) is 2.68. The van der Waals surface area contributed by atoms with Gasteiger partial charge in [0.2, 0.25) is 5.91 Å². The molecule has 0 atom stereocenters. The van der Waals surface area contributed by atoms with Crippen molar-refractivity contribution in [1.82, 2.24) is 5.32 Å². The van der Waals surface area contributed by atoms with Gasteiger partial charge in [0, 0.05) is 5.57 Å². The van der Waals surface area contributed by atoms with Crippen LogP contribution in [0.2, 0.25) is 0 Å². The summed E-state index contributed by atoms with van der Waals surface area (Å²) in [6.07, 6.45) is 1.29. The summed E-state index contributed by atoms with van der Waals surface area (Å²) in [7, 11) is -3.67. The van der Waals surface area contributed by atoms with Gasteiger partial charge in [-0.2, -0.15) is 0 Å². The van der Waals surface area contributed by atoms with Crippen molar-refractivity contribution in [3.63, 3.8) is 0 Å². The maximum Gasteiger partial charge on any atom is 0.334 e. The Kier molecular flexibility index (Phi) is 7.73. The summed E-state index contributed by atoms with van der Waals surface area (Å²) in [4.78, 5) is 24.7. The lowest BCUT2D eigenvalue weighted by Gasteiger charge is -2.10. The van der Waals surface area contributed by atoms with Crippen molar-refractivity contribution < 1.29 is 22.7 Å². The number of benzene rings is 2. The van der Waals surface area contributed by atoms with E-state index in [9.17, 15) is 18.0 Å². The Bertz CT molecular complexity index is 991. The number of esters is 1. The first-order valence-electron chi connectivity index (χ1n) is 9.22. The highest BCUT2D eigenvalue weighted by Gasteiger charge is 2.19. The highest BCUT2D eigenvalue weighted by molar-refractivity contribution is 7.91. The number of sulfone groups is 1. The summed E-state index contributed by atoms with van der Waals surface area (Å²) in [5.74, 6) is -1.73. The van der Waals surface area contributed by atoms with Crippen LogP contribution in [0.25, 0.3) is 6.08 Å². The summed E-state index contributed by atoms with van der Waals surface area (Å²) in [6.45, 7) is 5.65. The van der Waals surface area contributed by atoms with Crippen LogP contribution in [0.5, 0.6) is 0 Å². The molecule has 1 N–H and O–H groups in total. The third kappa shape index (κ3) is 6.87. The van der Waals surface area contributed by atoms with Crippen molar-refractivity contribution in [2.45, 2.75) is 32.1 Å². The van der Waals surface area contributed by atoms with Crippen LogP contribution in [0.15, 0.2) is 59.0 Å². The molecule has 0 aliphatic carbocycles. The Morgan fingerprint density at radius 1 is 0.966 bits per heavy atom. The van der Waals surface area contributed by atoms with Crippen LogP contribution in [0.3, 0.4) is 0 Å². The molecule has 0 aliphatic rings. The van der Waals surface area contributed by atoms with E-state index in [-0.39, 0.29) is 23.5 Å². The van der Waals surface area contributed by atoms with Crippen molar-refractivity contribution in [1.29, 1.82) is 0 Å². The Hall–Kier alpha value is -2.93. The molecule has 0 unspecified atom stereocenters. The van der Waals surface area contributed by atoms with Gasteiger partial charge >= 0.3 is 5.97 Å². The number of ether oxygens (including phenoxy) is 1. The van der Waals surface area contributed by atoms with Crippen molar-refractivity contribution in [3.8, 4) is 0 Å². The van der Waals surface area contributed by atoms with Crippen molar-refractivity contribution in [2.24, 2.45) is 0 Å². The Morgan fingerprint density at radius 3 is 2.07 bits per heavy atom. The second kappa shape index (κ2) is 10.0. The van der Waals surface area contributed by atoms with E-state index in [4.69, 9.17) is 4.74 Å². The zero-order chi connectivity index (χ0) is 21.4. The summed E-state index contributed by atoms with van der Waals surface area (Å²) >= 11 is 0. The lowest BCUT2D eigenvalue weighted by Crippen LogP contribution is -2.30. The molecule has 2 aromatic carbocycles. The molecule has 0 saturated heterocycles. The quantitative estimate of drug-likeness (QED) is 0.528. The molecule has 0 heterocycles. The van der Waals surface area contributed by atoms with E-state index in [1.54, 1.807) is 25.1 Å². The lowest BCUT2D eigenvalue weighted by atomic mass is 10.1. The van der Waals surface area contributed by atoms with E-state index in [2.05, 4.69) is 5.32 Å². The number of nitrogens with one attached hydrogen (secondary N) is 1. The smallest absolute Gasteiger partial charge is 0.334 e. The molecule has 29 heavy (non-hydrogen) atoms. The Morgan fingerprint density at radius 2 is 1.52 bits per heavy atom. The number of rotatable bonds is 8. The summed E-state index contributed by atoms with van der Waals surface area (Å²) in [5, 5.41) is 2.38. The molecule has 2 aromatic rings. The van der Waals surface area contributed by atoms with E-state index < -0.39 is 27.6 Å². The molecule has 0 spiro atoms. The van der Waals surface area contributed by atoms with Gasteiger partial charge in [0.1, 0.15) is 5.88 Å². The molecule has 1 amide bonds. The van der Waals surface area contributed by atoms with Crippen LogP contribution in [0, 0.1) is 13.8 Å². The molecule has 7 heteroatoms. The van der Waals surface area contributed by atoms with Crippen LogP contribution in [-0.2, 0) is 24.2 Å². The fourth-order valence-electron chi connectivity index (χ4n) is 2.51. The van der Waals surface area contributed by atoms with Crippen molar-refractivity contribution in [3.05, 3.63) is 70.8 Å². The van der Waals surface area contributed by atoms with E-state index in [1.165, 1.54) is 12.1 Å². The zero-order valence-corrected chi connectivity index (χ0v) is 17.6. The van der Waals surface area contributed by atoms with Gasteiger partial charge in [0.05, 0.1) is 17.9 Å². The van der Waals surface area contributed by atoms with Gasteiger partial charge in [0.15, 0.2) is 9.84 Å². The molecular weight excluding hydrogens is 390 g/mol. The highest BCUT2D eigenvalue weighted by Crippen LogP contribution is 2.14. The van der Waals surface area contributed by atoms with Gasteiger partial charge in [-0.05, 0) is 44.5 Å². The largest absolute Gasteiger partial charge is 0.463 e. The normalized spacial score (nSPS) is 11.8. The third-order valence-electron chi connectivity index (χ3n) is 4.15. The minimum atomic E-state index is -3.67. The first-order chi connectivity index (χ1) is 13.7. The number of carbonyl (C=O) groups excluding carboxylic acids is 2. The maximum absolute atomic E-state index is 12.4. The van der Waals surface area contributed by atoms with Crippen LogP contribution in [-0.4, -0.2) is 32.8 Å². The number of aryl methyl sites for hydroxylation is 2. The SMILES string of the molecule is CCOC(=O)/C(=C/c1ccc(C)cc1)CC(=O)NCS(=O)(=O)c1ccc(C)cc1. The van der Waals surface area contributed by atoms with Crippen molar-refractivity contribution in [2.75, 3.05) is 12.5 Å². The number of hydrogen-bond donors (Lipinski definition) is 1. The lowest BCUT2D eigenvalue weighted by molar-refractivity contribution is -0.139. The minimum absolute atomic E-state index is 0.129. The van der Waals surface area contributed by atoms with Crippen LogP contribution < -0.4 is 5.32 Å². The predicted molar refractivity (Wildman–Crippen MR) is 112 cm³/mol. The first-order valence-corrected chi connectivity index (χ1v) is 10.9. The molecule has 0 saturated carbocycles. The van der Waals surface area contributed by atoms with Gasteiger partial charge in [0.25, 0.3) is 0 Å². The molecule has 0 radical (unpaired) electrons. The van der Waals surface area contributed by atoms with E-state index in [1.807, 2.05) is 38.1 Å². The zero-order valence-electron chi connectivity index (χ0n) is 16.8. The first kappa shape index (κ1) is 22.4. The van der Waals surface area contributed by atoms with Gasteiger partial charge in [-0.15, -0.1) is 0 Å². The second-order valence-corrected chi connectivity index (χ2v) is 8.64. The fraction of sp³-hybridized carbons (Fsp3) is 0.273. The molecule has 2 rings (SSSR count). The second-order valence-electron chi connectivity index (χ2n) is 6.65. The monoisotopic (exact) mass is 415 g/mol. The number of carbonyl (C=O) groups is 2. The average molecular weight is 416 g/mol. The van der Waals surface area contributed by atoms with E-state index >= 15 is 0 Å². The Balaban J connectivity index is 2.10. The van der Waals surface area contributed by atoms with Gasteiger partial charge in [-0.1, -0.05) is 47.5 Å². The van der Waals surface area contributed by atoms with Crippen molar-refractivity contribution >= 4 is 27.8 Å². The fourth-order valence-corrected chi connectivity index (χ4v) is 3.58. The summed E-state index contributed by atoms with van der Waals surface area (Å²) < 4.78 is 29.8. The van der Waals surface area contributed by atoms with Crippen LogP contribution in [0.1, 0.15) is 30.0 Å². The molecule has 0 bridgehead atoms. The van der Waals surface area contributed by atoms with Gasteiger partial charge in [-0.25, -0.2) is 13.2 Å². The van der Waals surface area contributed by atoms with E-state index in [0.717, 1.165) is 16.7 Å². The van der Waals surface area contributed by atoms with Crippen LogP contribution in [0.4, 0.5) is 0 Å². The van der Waals surface area contributed by atoms with Crippen LogP contribution >= 0.6 is 0 Å². The predicted octanol–water partition coefficient (Wildman–Crippen LogP) is 3.19. The molecule has 0 fully saturated rings. The van der Waals surface area contributed by atoms with E-state index in [0.29, 0.717) is 0 Å². The standard InChI is InChI=1S/C22H25NO5S/c1-4-28-22(25)19(13-18-9-5-16(2)6-10-18)14-21(24)23-15-29(26,27)20-11-7-17(3)8-12-20/h5-13H,4,14-15H2,1-3H3,(H,23,24)/b19-13+. The molecule has 0 aromatic heterocycles. The summed E-state index contributed by atoms with van der Waals surface area (Å²) in [6, 6.07) is 13.8. The number of hydrogen-bond acceptors (Lipinski definition) is 5. The molecule has 6 nitrogen and oxygen atoms in total.